The van der Waals surface area contributed by atoms with Gasteiger partial charge in [-0.2, -0.15) is 5.10 Å². The molecule has 0 aliphatic carbocycles. The molecule has 0 radical (unpaired) electrons. The fourth-order valence-corrected chi connectivity index (χ4v) is 5.24. The third-order valence-corrected chi connectivity index (χ3v) is 6.88. The van der Waals surface area contributed by atoms with E-state index in [0.717, 1.165) is 56.6 Å². The fraction of sp³-hybridized carbons (Fsp3) is 0.429. The first-order valence-electron chi connectivity index (χ1n) is 12.1. The molecule has 4 rings (SSSR count). The van der Waals surface area contributed by atoms with E-state index >= 15 is 0 Å². The van der Waals surface area contributed by atoms with Gasteiger partial charge in [0.1, 0.15) is 0 Å². The summed E-state index contributed by atoms with van der Waals surface area (Å²) >= 11 is 0. The van der Waals surface area contributed by atoms with E-state index in [1.807, 2.05) is 18.5 Å². The molecular weight excluding hydrogens is 406 g/mol. The summed E-state index contributed by atoms with van der Waals surface area (Å²) in [5, 5.41) is 8.22. The van der Waals surface area contributed by atoms with E-state index in [9.17, 15) is 0 Å². The van der Waals surface area contributed by atoms with Crippen molar-refractivity contribution in [3.05, 3.63) is 72.9 Å². The molecule has 5 heteroatoms. The van der Waals surface area contributed by atoms with E-state index in [1.165, 1.54) is 27.9 Å². The molecule has 2 aliphatic rings. The Hall–Kier alpha value is -2.92. The number of nitrogens with zero attached hydrogens (tertiary/aromatic N) is 4. The lowest BCUT2D eigenvalue weighted by atomic mass is 9.86. The minimum absolute atomic E-state index is 0.460. The van der Waals surface area contributed by atoms with Gasteiger partial charge >= 0.3 is 0 Å². The average Bonchev–Trinajstić information content (AvgIpc) is 3.29. The summed E-state index contributed by atoms with van der Waals surface area (Å²) in [7, 11) is 0. The van der Waals surface area contributed by atoms with E-state index < -0.39 is 0 Å². The van der Waals surface area contributed by atoms with Gasteiger partial charge in [0.2, 0.25) is 0 Å². The van der Waals surface area contributed by atoms with E-state index in [0.29, 0.717) is 12.1 Å². The smallest absolute Gasteiger partial charge is 0.0568 e. The van der Waals surface area contributed by atoms with Crippen LogP contribution in [0.2, 0.25) is 0 Å². The van der Waals surface area contributed by atoms with E-state index in [-0.39, 0.29) is 0 Å². The molecule has 0 bridgehead atoms. The van der Waals surface area contributed by atoms with Gasteiger partial charge in [-0.05, 0) is 88.4 Å². The Bertz CT molecular complexity index is 1070. The average molecular weight is 444 g/mol. The van der Waals surface area contributed by atoms with Crippen LogP contribution in [-0.2, 0) is 12.8 Å². The Morgan fingerprint density at radius 1 is 1.24 bits per heavy atom. The summed E-state index contributed by atoms with van der Waals surface area (Å²) in [4.78, 5) is 7.04. The summed E-state index contributed by atoms with van der Waals surface area (Å²) < 4.78 is 2.18. The van der Waals surface area contributed by atoms with Crippen LogP contribution in [0.3, 0.4) is 0 Å². The van der Waals surface area contributed by atoms with E-state index in [2.05, 4.69) is 72.1 Å². The predicted octanol–water partition coefficient (Wildman–Crippen LogP) is 5.85. The quantitative estimate of drug-likeness (QED) is 0.431. The van der Waals surface area contributed by atoms with Crippen molar-refractivity contribution in [2.45, 2.75) is 65.0 Å². The second-order valence-corrected chi connectivity index (χ2v) is 9.39. The van der Waals surface area contributed by atoms with Crippen LogP contribution < -0.4 is 10.2 Å². The number of fused-ring (bicyclic) bond motifs is 1. The molecule has 2 aliphatic heterocycles. The van der Waals surface area contributed by atoms with Crippen LogP contribution in [0.25, 0.3) is 11.1 Å². The lowest BCUT2D eigenvalue weighted by molar-refractivity contribution is 0.343. The summed E-state index contributed by atoms with van der Waals surface area (Å²) in [6.07, 6.45) is 15.0. The topological polar surface area (TPSA) is 45.5 Å². The van der Waals surface area contributed by atoms with Crippen LogP contribution in [-0.4, -0.2) is 34.6 Å². The summed E-state index contributed by atoms with van der Waals surface area (Å²) in [6, 6.07) is 5.50. The first-order chi connectivity index (χ1) is 16.0. The summed E-state index contributed by atoms with van der Waals surface area (Å²) in [5.41, 5.74) is 8.73. The van der Waals surface area contributed by atoms with Gasteiger partial charge in [0.25, 0.3) is 0 Å². The Morgan fingerprint density at radius 2 is 2.03 bits per heavy atom. The van der Waals surface area contributed by atoms with E-state index in [4.69, 9.17) is 5.10 Å². The lowest BCUT2D eigenvalue weighted by Crippen LogP contribution is -2.36. The number of benzene rings is 1. The fourth-order valence-electron chi connectivity index (χ4n) is 5.24. The van der Waals surface area contributed by atoms with Crippen molar-refractivity contribution in [3.63, 3.8) is 0 Å². The number of rotatable bonds is 7. The minimum Gasteiger partial charge on any atom is -0.343 e. The standard InChI is InChI=1S/C28H37N5/c1-6-7-14-30-21(4)17-27-25(23-18-31-32(19-23)24-12-15-29-16-13-24)10-11-28-26(27)9-8-22(5)33(28)20(2)3/h6-7,10-11,14,18-19,22,24,29H,1-2,8-9,12-13,15-17H2,3-5H3/b14-7-,30-21?/t22-/m0/s1. The number of aromatic nitrogens is 2. The Morgan fingerprint density at radius 3 is 2.76 bits per heavy atom. The summed E-state index contributed by atoms with van der Waals surface area (Å²) in [5.74, 6) is 0. The maximum absolute atomic E-state index is 4.78. The Kier molecular flexibility index (Phi) is 7.29. The number of hydrogen-bond acceptors (Lipinski definition) is 4. The maximum atomic E-state index is 4.78. The zero-order valence-electron chi connectivity index (χ0n) is 20.3. The molecule has 1 fully saturated rings. The third kappa shape index (κ3) is 5.03. The first-order valence-corrected chi connectivity index (χ1v) is 12.1. The minimum atomic E-state index is 0.460. The van der Waals surface area contributed by atoms with Crippen molar-refractivity contribution in [1.29, 1.82) is 0 Å². The monoisotopic (exact) mass is 443 g/mol. The van der Waals surface area contributed by atoms with Crippen LogP contribution >= 0.6 is 0 Å². The highest BCUT2D eigenvalue weighted by molar-refractivity contribution is 5.88. The van der Waals surface area contributed by atoms with Crippen LogP contribution in [0.5, 0.6) is 0 Å². The number of nitrogens with one attached hydrogen (secondary N) is 1. The van der Waals surface area contributed by atoms with Crippen molar-refractivity contribution in [2.75, 3.05) is 18.0 Å². The van der Waals surface area contributed by atoms with Gasteiger partial charge in [0, 0.05) is 47.5 Å². The SMILES string of the molecule is C=C/C=C\N=C(C)Cc1c(-c2cnn(C3CCNCC3)c2)ccc2c1CC[C@H](C)N2C(=C)C. The van der Waals surface area contributed by atoms with Crippen LogP contribution in [0.4, 0.5) is 5.69 Å². The van der Waals surface area contributed by atoms with Crippen LogP contribution in [0.15, 0.2) is 66.7 Å². The number of hydrogen-bond donors (Lipinski definition) is 1. The van der Waals surface area contributed by atoms with Crippen LogP contribution in [0.1, 0.15) is 57.2 Å². The molecular formula is C28H37N5. The van der Waals surface area contributed by atoms with Crippen LogP contribution in [0, 0.1) is 0 Å². The van der Waals surface area contributed by atoms with Gasteiger partial charge in [-0.25, -0.2) is 0 Å². The molecule has 1 atom stereocenters. The summed E-state index contributed by atoms with van der Waals surface area (Å²) in [6.45, 7) is 16.6. The van der Waals surface area contributed by atoms with Gasteiger partial charge in [-0.15, -0.1) is 0 Å². The number of piperidine rings is 1. The molecule has 174 valence electrons. The molecule has 2 aromatic rings. The first kappa shape index (κ1) is 23.2. The molecule has 1 saturated heterocycles. The second kappa shape index (κ2) is 10.3. The predicted molar refractivity (Wildman–Crippen MR) is 140 cm³/mol. The Labute approximate surface area is 198 Å². The molecule has 1 aromatic heterocycles. The lowest BCUT2D eigenvalue weighted by Gasteiger charge is -2.38. The molecule has 1 aromatic carbocycles. The molecule has 5 nitrogen and oxygen atoms in total. The number of anilines is 1. The molecule has 33 heavy (non-hydrogen) atoms. The van der Waals surface area contributed by atoms with Gasteiger partial charge in [-0.3, -0.25) is 9.67 Å². The van der Waals surface area contributed by atoms with Crippen molar-refractivity contribution >= 4 is 11.4 Å². The van der Waals surface area contributed by atoms with Crippen molar-refractivity contribution in [2.24, 2.45) is 4.99 Å². The van der Waals surface area contributed by atoms with Crippen molar-refractivity contribution < 1.29 is 0 Å². The van der Waals surface area contributed by atoms with Crippen molar-refractivity contribution in [1.82, 2.24) is 15.1 Å². The molecule has 0 saturated carbocycles. The van der Waals surface area contributed by atoms with E-state index in [1.54, 1.807) is 6.08 Å². The normalized spacial score (nSPS) is 19.7. The number of aliphatic imine (C=N–C) groups is 1. The van der Waals surface area contributed by atoms with Gasteiger partial charge < -0.3 is 10.2 Å². The van der Waals surface area contributed by atoms with Crippen molar-refractivity contribution in [3.8, 4) is 11.1 Å². The second-order valence-electron chi connectivity index (χ2n) is 9.39. The Balaban J connectivity index is 1.77. The molecule has 0 spiro atoms. The van der Waals surface area contributed by atoms with Gasteiger partial charge in [0.15, 0.2) is 0 Å². The maximum Gasteiger partial charge on any atom is 0.0568 e. The highest BCUT2D eigenvalue weighted by Gasteiger charge is 2.27. The zero-order chi connectivity index (χ0) is 23.4. The largest absolute Gasteiger partial charge is 0.343 e. The zero-order valence-corrected chi connectivity index (χ0v) is 20.3. The number of allylic oxidation sites excluding steroid dienone is 3. The molecule has 3 heterocycles. The highest BCUT2D eigenvalue weighted by Crippen LogP contribution is 2.40. The molecule has 0 unspecified atom stereocenters. The highest BCUT2D eigenvalue weighted by atomic mass is 15.3. The molecule has 0 amide bonds. The van der Waals surface area contributed by atoms with Gasteiger partial charge in [0.05, 0.1) is 12.2 Å². The van der Waals surface area contributed by atoms with Gasteiger partial charge in [-0.1, -0.05) is 25.3 Å². The molecule has 1 N–H and O–H groups in total. The third-order valence-electron chi connectivity index (χ3n) is 6.88.